The summed E-state index contributed by atoms with van der Waals surface area (Å²) in [5.74, 6) is 1.65. The van der Waals surface area contributed by atoms with Gasteiger partial charge in [0.15, 0.2) is 11.6 Å². The average Bonchev–Trinajstić information content (AvgIpc) is 3.68. The highest BCUT2D eigenvalue weighted by Crippen LogP contribution is 2.35. The maximum atomic E-state index is 13.5. The number of benzene rings is 2. The molecule has 0 radical (unpaired) electrons. The molecule has 5 rings (SSSR count). The molecule has 0 spiro atoms. The molecule has 2 aromatic carbocycles. The minimum absolute atomic E-state index is 0.0266. The normalized spacial score (nSPS) is 14.8. The zero-order valence-corrected chi connectivity index (χ0v) is 30.4. The molecule has 13 heteroatoms. The first-order valence-corrected chi connectivity index (χ1v) is 18.0. The lowest BCUT2D eigenvalue weighted by atomic mass is 9.86. The topological polar surface area (TPSA) is 153 Å². The van der Waals surface area contributed by atoms with Gasteiger partial charge < -0.3 is 34.5 Å². The summed E-state index contributed by atoms with van der Waals surface area (Å²) in [5.41, 5.74) is 2.81. The minimum Gasteiger partial charge on any atom is -0.494 e. The van der Waals surface area contributed by atoms with Crippen molar-refractivity contribution < 1.29 is 28.5 Å². The van der Waals surface area contributed by atoms with E-state index in [4.69, 9.17) is 19.2 Å². The molecule has 1 fully saturated rings. The summed E-state index contributed by atoms with van der Waals surface area (Å²) < 4.78 is 21.4. The van der Waals surface area contributed by atoms with Crippen molar-refractivity contribution in [2.75, 3.05) is 65.6 Å². The highest BCUT2D eigenvalue weighted by atomic mass is 16.6. The number of hydrogen-bond donors (Lipinski definition) is 3. The molecule has 3 N–H and O–H groups in total. The first kappa shape index (κ1) is 38.4. The summed E-state index contributed by atoms with van der Waals surface area (Å²) in [5, 5.41) is 14.6. The zero-order chi connectivity index (χ0) is 36.6. The van der Waals surface area contributed by atoms with Gasteiger partial charge >= 0.3 is 5.97 Å². The monoisotopic (exact) mass is 713 g/mol. The van der Waals surface area contributed by atoms with Gasteiger partial charge in [-0.25, -0.2) is 9.78 Å². The molecule has 2 aromatic heterocycles. The Hall–Kier alpha value is -4.85. The Morgan fingerprint density at radius 3 is 2.48 bits per heavy atom. The number of piperidine rings is 1. The summed E-state index contributed by atoms with van der Waals surface area (Å²) in [6.45, 7) is 6.08. The van der Waals surface area contributed by atoms with E-state index in [-0.39, 0.29) is 24.5 Å². The van der Waals surface area contributed by atoms with Crippen molar-refractivity contribution in [1.29, 1.82) is 0 Å². The number of nitrogens with zero attached hydrogens (tertiary/aromatic N) is 4. The molecule has 3 heterocycles. The van der Waals surface area contributed by atoms with Crippen molar-refractivity contribution in [3.8, 4) is 17.1 Å². The molecule has 13 nitrogen and oxygen atoms in total. The van der Waals surface area contributed by atoms with Gasteiger partial charge in [-0.1, -0.05) is 18.2 Å². The Balaban J connectivity index is 1.08. The van der Waals surface area contributed by atoms with Crippen LogP contribution in [0.2, 0.25) is 0 Å². The lowest BCUT2D eigenvalue weighted by molar-refractivity contribution is -0.146. The van der Waals surface area contributed by atoms with Crippen LogP contribution in [0.25, 0.3) is 11.4 Å². The fourth-order valence-corrected chi connectivity index (χ4v) is 6.03. The Kier molecular flexibility index (Phi) is 14.5. The van der Waals surface area contributed by atoms with Gasteiger partial charge in [-0.15, -0.1) is 0 Å². The van der Waals surface area contributed by atoms with Crippen molar-refractivity contribution in [2.24, 2.45) is 0 Å². The molecule has 0 aliphatic carbocycles. The summed E-state index contributed by atoms with van der Waals surface area (Å²) in [6, 6.07) is 19.0. The number of H-pyrrole nitrogens is 1. The molecule has 0 unspecified atom stereocenters. The third kappa shape index (κ3) is 11.3. The number of aromatic amines is 1. The Morgan fingerprint density at radius 1 is 0.923 bits per heavy atom. The summed E-state index contributed by atoms with van der Waals surface area (Å²) in [4.78, 5) is 35.8. The molecule has 278 valence electrons. The number of esters is 1. The first-order chi connectivity index (χ1) is 25.3. The second-order valence-electron chi connectivity index (χ2n) is 13.1. The maximum Gasteiger partial charge on any atom is 0.331 e. The van der Waals surface area contributed by atoms with Crippen LogP contribution in [0.3, 0.4) is 0 Å². The van der Waals surface area contributed by atoms with E-state index in [0.29, 0.717) is 37.8 Å². The van der Waals surface area contributed by atoms with Crippen LogP contribution in [0.15, 0.2) is 73.1 Å². The quantitative estimate of drug-likeness (QED) is 0.0783. The number of nitrogens with one attached hydrogen (secondary N) is 3. The van der Waals surface area contributed by atoms with E-state index in [1.54, 1.807) is 12.4 Å². The highest BCUT2D eigenvalue weighted by Gasteiger charge is 2.39. The fourth-order valence-electron chi connectivity index (χ4n) is 6.03. The van der Waals surface area contributed by atoms with Crippen LogP contribution in [-0.4, -0.2) is 97.2 Å². The molecule has 1 aliphatic rings. The van der Waals surface area contributed by atoms with Crippen molar-refractivity contribution in [3.63, 3.8) is 0 Å². The van der Waals surface area contributed by atoms with Crippen LogP contribution in [0.4, 0.5) is 5.69 Å². The molecule has 4 aromatic rings. The van der Waals surface area contributed by atoms with Gasteiger partial charge in [-0.05, 0) is 101 Å². The van der Waals surface area contributed by atoms with Gasteiger partial charge in [-0.2, -0.15) is 5.10 Å². The number of amides is 1. The predicted octanol–water partition coefficient (Wildman–Crippen LogP) is 5.54. The van der Waals surface area contributed by atoms with Crippen molar-refractivity contribution in [2.45, 2.75) is 57.0 Å². The predicted molar refractivity (Wildman–Crippen MR) is 198 cm³/mol. The van der Waals surface area contributed by atoms with Gasteiger partial charge in [0.05, 0.1) is 25.3 Å². The molecule has 52 heavy (non-hydrogen) atoms. The van der Waals surface area contributed by atoms with E-state index in [2.05, 4.69) is 42.5 Å². The number of pyridine rings is 1. The second kappa shape index (κ2) is 19.7. The second-order valence-corrected chi connectivity index (χ2v) is 13.1. The van der Waals surface area contributed by atoms with Crippen LogP contribution >= 0.6 is 0 Å². The van der Waals surface area contributed by atoms with E-state index in [1.807, 2.05) is 67.6 Å². The van der Waals surface area contributed by atoms with Crippen molar-refractivity contribution in [3.05, 3.63) is 90.0 Å². The Bertz CT molecular complexity index is 1690. The first-order valence-electron chi connectivity index (χ1n) is 18.0. The summed E-state index contributed by atoms with van der Waals surface area (Å²) in [7, 11) is 3.46. The smallest absolute Gasteiger partial charge is 0.331 e. The van der Waals surface area contributed by atoms with Crippen LogP contribution in [-0.2, 0) is 24.5 Å². The van der Waals surface area contributed by atoms with E-state index < -0.39 is 5.54 Å². The van der Waals surface area contributed by atoms with E-state index in [9.17, 15) is 9.59 Å². The van der Waals surface area contributed by atoms with Crippen LogP contribution < -0.4 is 15.4 Å². The van der Waals surface area contributed by atoms with Gasteiger partial charge in [0.2, 0.25) is 0 Å². The molecule has 1 amide bonds. The number of anilines is 1. The van der Waals surface area contributed by atoms with Gasteiger partial charge in [0.1, 0.15) is 12.4 Å². The Labute approximate surface area is 305 Å². The maximum absolute atomic E-state index is 13.5. The third-order valence-electron chi connectivity index (χ3n) is 9.16. The standard InChI is InChI=1S/C39H51N7O6/c1-29(31-10-8-13-34(27-31)52-25-6-4-5-22-50-23-9-24-51-28-35(47)49-3)41-37(48)32-11-7-12-33(26-32)43-39(16-20-46(2)21-17-39)38-42-36(44-45-38)30-14-18-40-19-15-30/h7-8,10-15,18-19,26-27,29,43H,4-6,9,16-17,20-25,28H2,1-3H3,(H,41,48)(H,42,44,45)/t29-/m0/s1. The minimum atomic E-state index is -0.467. The zero-order valence-electron chi connectivity index (χ0n) is 30.4. The SMILES string of the molecule is COC(=O)COCCCOCCCCCOc1cccc([C@H](C)NC(=O)c2cccc(NC3(c4nc(-c5ccncc5)n[nH]4)CCN(C)CC3)c2)c1. The van der Waals surface area contributed by atoms with E-state index >= 15 is 0 Å². The lowest BCUT2D eigenvalue weighted by Crippen LogP contribution is -2.46. The number of hydrogen-bond acceptors (Lipinski definition) is 11. The van der Waals surface area contributed by atoms with E-state index in [0.717, 1.165) is 80.0 Å². The van der Waals surface area contributed by atoms with Crippen molar-refractivity contribution in [1.82, 2.24) is 30.4 Å². The molecule has 1 saturated heterocycles. The molecular formula is C39H51N7O6. The molecule has 0 bridgehead atoms. The number of rotatable bonds is 20. The number of likely N-dealkylation sites (tertiary alicyclic amines) is 1. The molecule has 1 atom stereocenters. The number of aromatic nitrogens is 4. The Morgan fingerprint density at radius 2 is 1.67 bits per heavy atom. The number of ether oxygens (including phenoxy) is 4. The average molecular weight is 714 g/mol. The number of carbonyl (C=O) groups is 2. The molecule has 0 saturated carbocycles. The van der Waals surface area contributed by atoms with Crippen LogP contribution in [0.5, 0.6) is 5.75 Å². The van der Waals surface area contributed by atoms with Crippen LogP contribution in [0.1, 0.15) is 73.2 Å². The number of unbranched alkanes of at least 4 members (excludes halogenated alkanes) is 2. The summed E-state index contributed by atoms with van der Waals surface area (Å²) in [6.07, 6.45) is 8.69. The van der Waals surface area contributed by atoms with Gasteiger partial charge in [0.25, 0.3) is 5.91 Å². The van der Waals surface area contributed by atoms with Gasteiger partial charge in [0, 0.05) is 62.1 Å². The number of methoxy groups -OCH3 is 1. The van der Waals surface area contributed by atoms with Gasteiger partial charge in [-0.3, -0.25) is 14.9 Å². The molecule has 1 aliphatic heterocycles. The van der Waals surface area contributed by atoms with E-state index in [1.165, 1.54) is 7.11 Å². The van der Waals surface area contributed by atoms with Crippen molar-refractivity contribution >= 4 is 17.6 Å². The number of carbonyl (C=O) groups excluding carboxylic acids is 2. The highest BCUT2D eigenvalue weighted by molar-refractivity contribution is 5.95. The lowest BCUT2D eigenvalue weighted by Gasteiger charge is -2.40. The molecular weight excluding hydrogens is 662 g/mol. The largest absolute Gasteiger partial charge is 0.494 e. The summed E-state index contributed by atoms with van der Waals surface area (Å²) >= 11 is 0. The third-order valence-corrected chi connectivity index (χ3v) is 9.16. The van der Waals surface area contributed by atoms with Crippen LogP contribution in [0, 0.1) is 0 Å². The fraction of sp³-hybridized carbons (Fsp3) is 0.462.